The molecule has 0 saturated carbocycles. The molecule has 0 bridgehead atoms. The van der Waals surface area contributed by atoms with Gasteiger partial charge in [-0.15, -0.1) is 0 Å². The van der Waals surface area contributed by atoms with Gasteiger partial charge in [-0.05, 0) is 12.8 Å². The van der Waals surface area contributed by atoms with E-state index in [2.05, 4.69) is 10.6 Å². The van der Waals surface area contributed by atoms with E-state index in [1.165, 1.54) is 0 Å². The molecule has 2 N–H and O–H groups in total. The van der Waals surface area contributed by atoms with Gasteiger partial charge in [0.2, 0.25) is 0 Å². The highest BCUT2D eigenvalue weighted by Crippen LogP contribution is 2.06. The van der Waals surface area contributed by atoms with E-state index in [-0.39, 0.29) is 24.4 Å². The van der Waals surface area contributed by atoms with Crippen molar-refractivity contribution >= 4 is 11.9 Å². The van der Waals surface area contributed by atoms with Crippen molar-refractivity contribution in [2.45, 2.75) is 51.0 Å². The van der Waals surface area contributed by atoms with E-state index in [0.29, 0.717) is 65.0 Å². The van der Waals surface area contributed by atoms with Gasteiger partial charge in [-0.25, -0.2) is 0 Å². The summed E-state index contributed by atoms with van der Waals surface area (Å²) >= 11 is 0. The molecule has 8 heteroatoms. The number of carbonyl (C=O) groups excluding carboxylic acids is 2. The van der Waals surface area contributed by atoms with Crippen molar-refractivity contribution in [2.24, 2.45) is 0 Å². The Balaban J connectivity index is 1.37. The summed E-state index contributed by atoms with van der Waals surface area (Å²) in [5.74, 6) is -0.461. The highest BCUT2D eigenvalue weighted by molar-refractivity contribution is 5.70. The Morgan fingerprint density at radius 2 is 1.29 bits per heavy atom. The predicted octanol–water partition coefficient (Wildman–Crippen LogP) is 0.305. The standard InChI is InChI=1S/C16H28N2O6/c19-15(23-9-5-13-17-7-11-21-13)3-1-2-4-16(20)24-10-6-14-18-8-12-22-14/h13-14,17-18H,1-12H2. The summed E-state index contributed by atoms with van der Waals surface area (Å²) < 4.78 is 21.0. The zero-order valence-corrected chi connectivity index (χ0v) is 14.1. The highest BCUT2D eigenvalue weighted by Gasteiger charge is 2.16. The quantitative estimate of drug-likeness (QED) is 0.408. The number of ether oxygens (including phenoxy) is 4. The summed E-state index contributed by atoms with van der Waals surface area (Å²) in [6.07, 6.45) is 3.22. The Kier molecular flexibility index (Phi) is 9.04. The zero-order chi connectivity index (χ0) is 17.0. The molecule has 24 heavy (non-hydrogen) atoms. The van der Waals surface area contributed by atoms with E-state index in [1.807, 2.05) is 0 Å². The monoisotopic (exact) mass is 344 g/mol. The Bertz CT molecular complexity index is 345. The van der Waals surface area contributed by atoms with Crippen molar-refractivity contribution in [3.05, 3.63) is 0 Å². The minimum atomic E-state index is -0.231. The number of rotatable bonds is 11. The first kappa shape index (κ1) is 19.1. The maximum Gasteiger partial charge on any atom is 0.305 e. The topological polar surface area (TPSA) is 95.1 Å². The third kappa shape index (κ3) is 8.05. The number of hydrogen-bond acceptors (Lipinski definition) is 8. The molecule has 2 aliphatic rings. The molecule has 0 aliphatic carbocycles. The lowest BCUT2D eigenvalue weighted by atomic mass is 10.2. The van der Waals surface area contributed by atoms with Gasteiger partial charge in [0.1, 0.15) is 12.5 Å². The molecule has 0 amide bonds. The van der Waals surface area contributed by atoms with Gasteiger partial charge in [-0.2, -0.15) is 0 Å². The lowest BCUT2D eigenvalue weighted by Crippen LogP contribution is -2.24. The van der Waals surface area contributed by atoms with Gasteiger partial charge in [-0.3, -0.25) is 20.2 Å². The van der Waals surface area contributed by atoms with E-state index in [9.17, 15) is 9.59 Å². The fourth-order valence-corrected chi connectivity index (χ4v) is 2.57. The van der Waals surface area contributed by atoms with E-state index in [0.717, 1.165) is 13.1 Å². The normalized spacial score (nSPS) is 23.3. The number of esters is 2. The molecular formula is C16H28N2O6. The number of hydrogen-bond donors (Lipinski definition) is 2. The van der Waals surface area contributed by atoms with Crippen LogP contribution in [0.5, 0.6) is 0 Å². The van der Waals surface area contributed by atoms with Gasteiger partial charge < -0.3 is 18.9 Å². The molecule has 2 fully saturated rings. The summed E-state index contributed by atoms with van der Waals surface area (Å²) in [5, 5.41) is 6.31. The molecule has 0 spiro atoms. The molecule has 2 heterocycles. The van der Waals surface area contributed by atoms with Crippen LogP contribution in [-0.4, -0.2) is 63.9 Å². The molecule has 8 nitrogen and oxygen atoms in total. The Labute approximate surface area is 142 Å². The molecule has 0 radical (unpaired) electrons. The Morgan fingerprint density at radius 3 is 1.67 bits per heavy atom. The van der Waals surface area contributed by atoms with Crippen LogP contribution in [0.2, 0.25) is 0 Å². The van der Waals surface area contributed by atoms with E-state index in [1.54, 1.807) is 0 Å². The second-order valence-corrected chi connectivity index (χ2v) is 5.85. The SMILES string of the molecule is O=C(CCCCC(=O)OCCC1NCCO1)OCCC1NCCO1. The van der Waals surface area contributed by atoms with Gasteiger partial charge in [0, 0.05) is 38.8 Å². The van der Waals surface area contributed by atoms with E-state index in [4.69, 9.17) is 18.9 Å². The molecule has 2 atom stereocenters. The van der Waals surface area contributed by atoms with Crippen molar-refractivity contribution in [1.82, 2.24) is 10.6 Å². The number of unbranched alkanes of at least 4 members (excludes halogenated alkanes) is 1. The van der Waals surface area contributed by atoms with E-state index < -0.39 is 0 Å². The third-order valence-electron chi connectivity index (χ3n) is 3.88. The van der Waals surface area contributed by atoms with Crippen LogP contribution in [0.1, 0.15) is 38.5 Å². The van der Waals surface area contributed by atoms with Crippen LogP contribution in [0.15, 0.2) is 0 Å². The lowest BCUT2D eigenvalue weighted by molar-refractivity contribution is -0.146. The summed E-state index contributed by atoms with van der Waals surface area (Å²) in [7, 11) is 0. The summed E-state index contributed by atoms with van der Waals surface area (Å²) in [4.78, 5) is 23.1. The third-order valence-corrected chi connectivity index (χ3v) is 3.88. The maximum atomic E-state index is 11.6. The van der Waals surface area contributed by atoms with Gasteiger partial charge in [0.15, 0.2) is 0 Å². The van der Waals surface area contributed by atoms with Crippen molar-refractivity contribution < 1.29 is 28.5 Å². The molecule has 0 aromatic heterocycles. The zero-order valence-electron chi connectivity index (χ0n) is 14.1. The minimum Gasteiger partial charge on any atom is -0.466 e. The number of nitrogens with one attached hydrogen (secondary N) is 2. The first-order valence-electron chi connectivity index (χ1n) is 8.75. The summed E-state index contributed by atoms with van der Waals surface area (Å²) in [6.45, 7) is 3.82. The second-order valence-electron chi connectivity index (χ2n) is 5.85. The average molecular weight is 344 g/mol. The van der Waals surface area contributed by atoms with Crippen LogP contribution >= 0.6 is 0 Å². The highest BCUT2D eigenvalue weighted by atomic mass is 16.5. The lowest BCUT2D eigenvalue weighted by Gasteiger charge is -2.10. The van der Waals surface area contributed by atoms with Crippen molar-refractivity contribution in [3.8, 4) is 0 Å². The maximum absolute atomic E-state index is 11.6. The summed E-state index contributed by atoms with van der Waals surface area (Å²) in [5.41, 5.74) is 0. The largest absolute Gasteiger partial charge is 0.466 e. The van der Waals surface area contributed by atoms with Gasteiger partial charge in [0.05, 0.1) is 26.4 Å². The molecule has 2 aliphatic heterocycles. The smallest absolute Gasteiger partial charge is 0.305 e. The van der Waals surface area contributed by atoms with Crippen molar-refractivity contribution in [3.63, 3.8) is 0 Å². The van der Waals surface area contributed by atoms with Crippen LogP contribution in [0, 0.1) is 0 Å². The van der Waals surface area contributed by atoms with Crippen LogP contribution in [0.3, 0.4) is 0 Å². The molecule has 2 saturated heterocycles. The van der Waals surface area contributed by atoms with Crippen LogP contribution in [0.4, 0.5) is 0 Å². The molecule has 0 aromatic carbocycles. The molecular weight excluding hydrogens is 316 g/mol. The fourth-order valence-electron chi connectivity index (χ4n) is 2.57. The first-order valence-corrected chi connectivity index (χ1v) is 8.75. The second kappa shape index (κ2) is 11.4. The van der Waals surface area contributed by atoms with Gasteiger partial charge in [0.25, 0.3) is 0 Å². The Morgan fingerprint density at radius 1 is 0.833 bits per heavy atom. The molecule has 0 aromatic rings. The molecule has 2 unspecified atom stereocenters. The van der Waals surface area contributed by atoms with Crippen LogP contribution in [0.25, 0.3) is 0 Å². The van der Waals surface area contributed by atoms with Crippen molar-refractivity contribution in [1.29, 1.82) is 0 Å². The van der Waals surface area contributed by atoms with Gasteiger partial charge >= 0.3 is 11.9 Å². The average Bonchev–Trinajstić information content (AvgIpc) is 3.25. The van der Waals surface area contributed by atoms with E-state index >= 15 is 0 Å². The molecule has 138 valence electrons. The fraction of sp³-hybridized carbons (Fsp3) is 0.875. The first-order chi connectivity index (χ1) is 11.7. The minimum absolute atomic E-state index is 0.00240. The predicted molar refractivity (Wildman–Crippen MR) is 85.1 cm³/mol. The number of carbonyl (C=O) groups is 2. The van der Waals surface area contributed by atoms with Crippen LogP contribution < -0.4 is 10.6 Å². The van der Waals surface area contributed by atoms with Crippen LogP contribution in [-0.2, 0) is 28.5 Å². The molecule has 2 rings (SSSR count). The van der Waals surface area contributed by atoms with Crippen molar-refractivity contribution in [2.75, 3.05) is 39.5 Å². The summed E-state index contributed by atoms with van der Waals surface area (Å²) in [6, 6.07) is 0. The van der Waals surface area contributed by atoms with Gasteiger partial charge in [-0.1, -0.05) is 0 Å². The Hall–Kier alpha value is -1.22.